The molecule has 0 saturated heterocycles. The summed E-state index contributed by atoms with van der Waals surface area (Å²) < 4.78 is 5.63. The van der Waals surface area contributed by atoms with Crippen LogP contribution < -0.4 is 9.64 Å². The Morgan fingerprint density at radius 3 is 2.20 bits per heavy atom. The van der Waals surface area contributed by atoms with Crippen LogP contribution in [0.25, 0.3) is 0 Å². The van der Waals surface area contributed by atoms with Crippen molar-refractivity contribution in [3.05, 3.63) is 53.1 Å². The van der Waals surface area contributed by atoms with Crippen LogP contribution in [0.4, 0.5) is 5.69 Å². The van der Waals surface area contributed by atoms with E-state index in [1.54, 1.807) is 43.4 Å². The topological polar surface area (TPSA) is 87.1 Å². The maximum absolute atomic E-state index is 11.5. The predicted octanol–water partition coefficient (Wildman–Crippen LogP) is 3.21. The van der Waals surface area contributed by atoms with Gasteiger partial charge in [0.05, 0.1) is 0 Å². The van der Waals surface area contributed by atoms with E-state index in [4.69, 9.17) is 4.74 Å². The fourth-order valence-electron chi connectivity index (χ4n) is 2.43. The second kappa shape index (κ2) is 7.70. The molecule has 2 rings (SSSR count). The van der Waals surface area contributed by atoms with Crippen LogP contribution in [0.5, 0.6) is 11.5 Å². The first-order valence-corrected chi connectivity index (χ1v) is 7.89. The van der Waals surface area contributed by atoms with Gasteiger partial charge in [0, 0.05) is 25.2 Å². The molecule has 6 heteroatoms. The normalized spacial score (nSPS) is 10.4. The first-order chi connectivity index (χ1) is 11.8. The Kier molecular flexibility index (Phi) is 5.64. The summed E-state index contributed by atoms with van der Waals surface area (Å²) in [5, 5.41) is 19.5. The van der Waals surface area contributed by atoms with Crippen LogP contribution in [0.3, 0.4) is 0 Å². The van der Waals surface area contributed by atoms with Crippen LogP contribution in [-0.2, 0) is 17.8 Å². The maximum atomic E-state index is 11.5. The summed E-state index contributed by atoms with van der Waals surface area (Å²) in [5.41, 5.74) is 1.58. The van der Waals surface area contributed by atoms with Gasteiger partial charge >= 0.3 is 5.97 Å². The standard InChI is InChI=1S/C19H21NO5/c1-4-13-5-6-14(17(18(13)22)19(23)24)11-25-16-9-7-15(8-10-16)20(3)12(2)21/h5-10,22H,4,11H2,1-3H3,(H,23,24). The number of aryl methyl sites for hydroxylation is 1. The van der Waals surface area contributed by atoms with Crippen LogP contribution >= 0.6 is 0 Å². The van der Waals surface area contributed by atoms with Gasteiger partial charge < -0.3 is 19.8 Å². The summed E-state index contributed by atoms with van der Waals surface area (Å²) >= 11 is 0. The van der Waals surface area contributed by atoms with Crippen molar-refractivity contribution in [3.8, 4) is 11.5 Å². The number of carbonyl (C=O) groups is 2. The van der Waals surface area contributed by atoms with Gasteiger partial charge in [-0.2, -0.15) is 0 Å². The smallest absolute Gasteiger partial charge is 0.339 e. The number of hydrogen-bond donors (Lipinski definition) is 2. The molecule has 0 bridgehead atoms. The average Bonchev–Trinajstić information content (AvgIpc) is 2.59. The van der Waals surface area contributed by atoms with Gasteiger partial charge in [-0.25, -0.2) is 4.79 Å². The minimum atomic E-state index is -1.19. The molecule has 132 valence electrons. The number of phenols is 1. The predicted molar refractivity (Wildman–Crippen MR) is 94.3 cm³/mol. The maximum Gasteiger partial charge on any atom is 0.339 e. The van der Waals surface area contributed by atoms with Crippen LogP contribution in [0.1, 0.15) is 35.3 Å². The number of amides is 1. The quantitative estimate of drug-likeness (QED) is 0.841. The van der Waals surface area contributed by atoms with Crippen molar-refractivity contribution < 1.29 is 24.5 Å². The summed E-state index contributed by atoms with van der Waals surface area (Å²) in [5.74, 6) is -0.943. The number of hydrogen-bond acceptors (Lipinski definition) is 4. The first-order valence-electron chi connectivity index (χ1n) is 7.89. The molecule has 0 aliphatic carbocycles. The fraction of sp³-hybridized carbons (Fsp3) is 0.263. The summed E-state index contributed by atoms with van der Waals surface area (Å²) in [6.45, 7) is 3.34. The molecule has 6 nitrogen and oxygen atoms in total. The number of aromatic carboxylic acids is 1. The average molecular weight is 343 g/mol. The largest absolute Gasteiger partial charge is 0.507 e. The molecule has 25 heavy (non-hydrogen) atoms. The lowest BCUT2D eigenvalue weighted by molar-refractivity contribution is -0.116. The Balaban J connectivity index is 2.17. The Bertz CT molecular complexity index is 783. The molecule has 2 aromatic carbocycles. The molecule has 0 aliphatic heterocycles. The van der Waals surface area contributed by atoms with Crippen molar-refractivity contribution >= 4 is 17.6 Å². The van der Waals surface area contributed by atoms with E-state index in [2.05, 4.69) is 0 Å². The van der Waals surface area contributed by atoms with Gasteiger partial charge in [0.25, 0.3) is 0 Å². The van der Waals surface area contributed by atoms with Crippen LogP contribution in [0.15, 0.2) is 36.4 Å². The van der Waals surface area contributed by atoms with Gasteiger partial charge in [-0.05, 0) is 36.2 Å². The molecule has 0 fully saturated rings. The molecular formula is C19H21NO5. The van der Waals surface area contributed by atoms with E-state index in [9.17, 15) is 19.8 Å². The Morgan fingerprint density at radius 2 is 1.68 bits per heavy atom. The van der Waals surface area contributed by atoms with E-state index in [0.717, 1.165) is 5.69 Å². The molecule has 0 aromatic heterocycles. The van der Waals surface area contributed by atoms with Crippen molar-refractivity contribution in [2.24, 2.45) is 0 Å². The number of nitrogens with zero attached hydrogens (tertiary/aromatic N) is 1. The molecule has 2 aromatic rings. The van der Waals surface area contributed by atoms with Crippen LogP contribution in [0, 0.1) is 0 Å². The number of benzene rings is 2. The highest BCUT2D eigenvalue weighted by Gasteiger charge is 2.18. The van der Waals surface area contributed by atoms with Crippen LogP contribution in [0.2, 0.25) is 0 Å². The molecule has 0 spiro atoms. The van der Waals surface area contributed by atoms with Gasteiger partial charge in [-0.1, -0.05) is 19.1 Å². The number of carbonyl (C=O) groups excluding carboxylic acids is 1. The molecule has 1 amide bonds. The van der Waals surface area contributed by atoms with E-state index in [-0.39, 0.29) is 23.8 Å². The zero-order valence-electron chi connectivity index (χ0n) is 14.4. The van der Waals surface area contributed by atoms with E-state index in [0.29, 0.717) is 23.3 Å². The zero-order valence-corrected chi connectivity index (χ0v) is 14.4. The summed E-state index contributed by atoms with van der Waals surface area (Å²) in [4.78, 5) is 24.3. The molecule has 0 atom stereocenters. The molecule has 0 unspecified atom stereocenters. The van der Waals surface area contributed by atoms with Crippen LogP contribution in [-0.4, -0.2) is 29.1 Å². The van der Waals surface area contributed by atoms with Gasteiger partial charge in [0.15, 0.2) is 0 Å². The number of carboxylic acid groups (broad SMARTS) is 1. The van der Waals surface area contributed by atoms with E-state index < -0.39 is 5.97 Å². The fourth-order valence-corrected chi connectivity index (χ4v) is 2.43. The Labute approximate surface area is 146 Å². The third-order valence-corrected chi connectivity index (χ3v) is 4.03. The second-order valence-electron chi connectivity index (χ2n) is 5.63. The SMILES string of the molecule is CCc1ccc(COc2ccc(N(C)C(C)=O)cc2)c(C(=O)O)c1O. The van der Waals surface area contributed by atoms with Gasteiger partial charge in [0.2, 0.25) is 5.91 Å². The first kappa shape index (κ1) is 18.3. The highest BCUT2D eigenvalue weighted by Crippen LogP contribution is 2.28. The lowest BCUT2D eigenvalue weighted by Gasteiger charge is -2.16. The third kappa shape index (κ3) is 4.09. The molecule has 0 aliphatic rings. The van der Waals surface area contributed by atoms with Gasteiger partial charge in [-0.15, -0.1) is 0 Å². The van der Waals surface area contributed by atoms with Crippen molar-refractivity contribution in [3.63, 3.8) is 0 Å². The lowest BCUT2D eigenvalue weighted by Crippen LogP contribution is -2.22. The van der Waals surface area contributed by atoms with E-state index in [1.165, 1.54) is 11.8 Å². The van der Waals surface area contributed by atoms with E-state index in [1.807, 2.05) is 6.92 Å². The Morgan fingerprint density at radius 1 is 1.08 bits per heavy atom. The van der Waals surface area contributed by atoms with Crippen molar-refractivity contribution in [1.82, 2.24) is 0 Å². The Hall–Kier alpha value is -3.02. The highest BCUT2D eigenvalue weighted by atomic mass is 16.5. The van der Waals surface area contributed by atoms with Crippen molar-refractivity contribution in [2.75, 3.05) is 11.9 Å². The molecule has 0 saturated carbocycles. The highest BCUT2D eigenvalue weighted by molar-refractivity contribution is 5.93. The van der Waals surface area contributed by atoms with Crippen molar-refractivity contribution in [1.29, 1.82) is 0 Å². The third-order valence-electron chi connectivity index (χ3n) is 4.03. The zero-order chi connectivity index (χ0) is 18.6. The summed E-state index contributed by atoms with van der Waals surface area (Å²) in [6, 6.07) is 10.2. The van der Waals surface area contributed by atoms with Gasteiger partial charge in [0.1, 0.15) is 23.7 Å². The monoisotopic (exact) mass is 343 g/mol. The number of carboxylic acids is 1. The van der Waals surface area contributed by atoms with E-state index >= 15 is 0 Å². The summed E-state index contributed by atoms with van der Waals surface area (Å²) in [6.07, 6.45) is 0.540. The van der Waals surface area contributed by atoms with Gasteiger partial charge in [-0.3, -0.25) is 4.79 Å². The minimum Gasteiger partial charge on any atom is -0.507 e. The van der Waals surface area contributed by atoms with Crippen molar-refractivity contribution in [2.45, 2.75) is 26.9 Å². The number of rotatable bonds is 6. The lowest BCUT2D eigenvalue weighted by atomic mass is 10.0. The minimum absolute atomic E-state index is 0.0150. The second-order valence-corrected chi connectivity index (χ2v) is 5.63. The molecular weight excluding hydrogens is 322 g/mol. The number of aromatic hydroxyl groups is 1. The molecule has 0 heterocycles. The molecule has 2 N–H and O–H groups in total. The molecule has 0 radical (unpaired) electrons. The number of anilines is 1. The summed E-state index contributed by atoms with van der Waals surface area (Å²) in [7, 11) is 1.68. The number of ether oxygens (including phenoxy) is 1.